The molecule has 1 aromatic carbocycles. The Morgan fingerprint density at radius 3 is 2.27 bits per heavy atom. The summed E-state index contributed by atoms with van der Waals surface area (Å²) in [7, 11) is 0. The smallest absolute Gasteiger partial charge is 0.338 e. The van der Waals surface area contributed by atoms with Crippen LogP contribution >= 0.6 is 0 Å². The van der Waals surface area contributed by atoms with Crippen LogP contribution in [0.25, 0.3) is 0 Å². The van der Waals surface area contributed by atoms with Crippen molar-refractivity contribution >= 4 is 17.7 Å². The summed E-state index contributed by atoms with van der Waals surface area (Å²) in [6.07, 6.45) is 3.11. The second kappa shape index (κ2) is 10.4. The minimum atomic E-state index is -0.714. The molecule has 0 bridgehead atoms. The highest BCUT2D eigenvalue weighted by molar-refractivity contribution is 6.02. The standard InChI is InChI=1S/C22H27N3O5/c1-14-5-4-6-15(2)25(14)21(27)13-29-18-9-7-17(8-10-18)22(28)30-12-20(26)19(11-23)16(3)24/h7-10,14-15H,4-6,12-13,24H2,1-3H3/b19-16-/t14-,15-/m0/s1. The van der Waals surface area contributed by atoms with Crippen molar-refractivity contribution in [3.8, 4) is 11.8 Å². The molecular weight excluding hydrogens is 386 g/mol. The molecule has 1 amide bonds. The molecular formula is C22H27N3O5. The molecule has 8 heteroatoms. The van der Waals surface area contributed by atoms with Gasteiger partial charge in [-0.2, -0.15) is 5.26 Å². The van der Waals surface area contributed by atoms with Gasteiger partial charge in [0.25, 0.3) is 5.91 Å². The van der Waals surface area contributed by atoms with Crippen molar-refractivity contribution in [1.29, 1.82) is 5.26 Å². The van der Waals surface area contributed by atoms with Crippen LogP contribution in [0, 0.1) is 11.3 Å². The Balaban J connectivity index is 1.88. The number of likely N-dealkylation sites (tertiary alicyclic amines) is 1. The molecule has 1 aliphatic heterocycles. The number of esters is 1. The van der Waals surface area contributed by atoms with Crippen LogP contribution in [0.5, 0.6) is 5.75 Å². The third-order valence-corrected chi connectivity index (χ3v) is 5.05. The lowest BCUT2D eigenvalue weighted by molar-refractivity contribution is -0.139. The van der Waals surface area contributed by atoms with E-state index in [4.69, 9.17) is 20.5 Å². The van der Waals surface area contributed by atoms with Gasteiger partial charge in [0.05, 0.1) is 5.56 Å². The minimum Gasteiger partial charge on any atom is -0.484 e. The molecule has 1 aliphatic rings. The topological polar surface area (TPSA) is 123 Å². The van der Waals surface area contributed by atoms with Gasteiger partial charge in [-0.05, 0) is 64.3 Å². The summed E-state index contributed by atoms with van der Waals surface area (Å²) in [5, 5.41) is 8.89. The molecule has 1 aromatic rings. The number of carbonyl (C=O) groups is 3. The van der Waals surface area contributed by atoms with Crippen molar-refractivity contribution in [3.05, 3.63) is 41.1 Å². The number of amides is 1. The van der Waals surface area contributed by atoms with Gasteiger partial charge in [0.15, 0.2) is 13.2 Å². The fourth-order valence-corrected chi connectivity index (χ4v) is 3.48. The zero-order valence-electron chi connectivity index (χ0n) is 17.5. The number of Topliss-reactive ketones (excluding diaryl/α,β-unsaturated/α-hetero) is 1. The summed E-state index contributed by atoms with van der Waals surface area (Å²) in [6.45, 7) is 4.87. The minimum absolute atomic E-state index is 0.0618. The molecule has 30 heavy (non-hydrogen) atoms. The van der Waals surface area contributed by atoms with Gasteiger partial charge in [0.1, 0.15) is 17.4 Å². The molecule has 1 heterocycles. The number of piperidine rings is 1. The molecule has 0 unspecified atom stereocenters. The van der Waals surface area contributed by atoms with Crippen molar-refractivity contribution in [2.75, 3.05) is 13.2 Å². The van der Waals surface area contributed by atoms with E-state index >= 15 is 0 Å². The van der Waals surface area contributed by atoms with Crippen LogP contribution in [-0.2, 0) is 14.3 Å². The van der Waals surface area contributed by atoms with Gasteiger partial charge in [-0.1, -0.05) is 0 Å². The summed E-state index contributed by atoms with van der Waals surface area (Å²) in [6, 6.07) is 8.16. The monoisotopic (exact) mass is 413 g/mol. The lowest BCUT2D eigenvalue weighted by Gasteiger charge is -2.38. The fourth-order valence-electron chi connectivity index (χ4n) is 3.48. The molecule has 0 aliphatic carbocycles. The van der Waals surface area contributed by atoms with E-state index in [2.05, 4.69) is 0 Å². The van der Waals surface area contributed by atoms with Gasteiger partial charge in [-0.15, -0.1) is 0 Å². The van der Waals surface area contributed by atoms with Crippen LogP contribution in [0.15, 0.2) is 35.5 Å². The second-order valence-electron chi connectivity index (χ2n) is 7.41. The van der Waals surface area contributed by atoms with Crippen LogP contribution in [0.1, 0.15) is 50.4 Å². The number of allylic oxidation sites excluding steroid dienone is 1. The third-order valence-electron chi connectivity index (χ3n) is 5.05. The highest BCUT2D eigenvalue weighted by Gasteiger charge is 2.29. The molecule has 0 spiro atoms. The zero-order chi connectivity index (χ0) is 22.3. The van der Waals surface area contributed by atoms with Crippen molar-refractivity contribution in [2.24, 2.45) is 5.73 Å². The average Bonchev–Trinajstić information content (AvgIpc) is 2.71. The van der Waals surface area contributed by atoms with Crippen molar-refractivity contribution < 1.29 is 23.9 Å². The Labute approximate surface area is 176 Å². The molecule has 0 radical (unpaired) electrons. The summed E-state index contributed by atoms with van der Waals surface area (Å²) in [5.74, 6) is -0.991. The predicted molar refractivity (Wildman–Crippen MR) is 109 cm³/mol. The van der Waals surface area contributed by atoms with E-state index in [0.29, 0.717) is 5.75 Å². The van der Waals surface area contributed by atoms with Gasteiger partial charge in [-0.3, -0.25) is 9.59 Å². The Bertz CT molecular complexity index is 856. The number of nitriles is 1. The van der Waals surface area contributed by atoms with Gasteiger partial charge >= 0.3 is 5.97 Å². The Hall–Kier alpha value is -3.34. The maximum Gasteiger partial charge on any atom is 0.338 e. The molecule has 2 atom stereocenters. The molecule has 1 saturated heterocycles. The lowest BCUT2D eigenvalue weighted by Crippen LogP contribution is -2.49. The molecule has 1 fully saturated rings. The predicted octanol–water partition coefficient (Wildman–Crippen LogP) is 2.34. The number of carbonyl (C=O) groups excluding carboxylic acids is 3. The highest BCUT2D eigenvalue weighted by atomic mass is 16.5. The maximum atomic E-state index is 12.5. The first kappa shape index (κ1) is 22.9. The van der Waals surface area contributed by atoms with Gasteiger partial charge < -0.3 is 20.1 Å². The van der Waals surface area contributed by atoms with E-state index in [1.165, 1.54) is 19.1 Å². The van der Waals surface area contributed by atoms with E-state index in [0.717, 1.165) is 19.3 Å². The number of ketones is 1. The van der Waals surface area contributed by atoms with E-state index in [-0.39, 0.29) is 41.4 Å². The summed E-state index contributed by atoms with van der Waals surface area (Å²) in [4.78, 5) is 38.3. The Morgan fingerprint density at radius 1 is 1.13 bits per heavy atom. The summed E-state index contributed by atoms with van der Waals surface area (Å²) in [5.41, 5.74) is 5.51. The van der Waals surface area contributed by atoms with Crippen molar-refractivity contribution in [2.45, 2.75) is 52.1 Å². The zero-order valence-corrected chi connectivity index (χ0v) is 17.5. The second-order valence-corrected chi connectivity index (χ2v) is 7.41. The normalized spacial score (nSPS) is 19.3. The average molecular weight is 413 g/mol. The molecule has 0 saturated carbocycles. The first-order valence-corrected chi connectivity index (χ1v) is 9.85. The first-order valence-electron chi connectivity index (χ1n) is 9.85. The molecule has 2 N–H and O–H groups in total. The Morgan fingerprint density at radius 2 is 1.73 bits per heavy atom. The van der Waals surface area contributed by atoms with Crippen LogP contribution in [0.2, 0.25) is 0 Å². The molecule has 0 aromatic heterocycles. The van der Waals surface area contributed by atoms with Crippen LogP contribution in [-0.4, -0.2) is 47.9 Å². The summed E-state index contributed by atoms with van der Waals surface area (Å²) >= 11 is 0. The lowest BCUT2D eigenvalue weighted by atomic mass is 9.97. The number of nitrogens with zero attached hydrogens (tertiary/aromatic N) is 2. The van der Waals surface area contributed by atoms with E-state index in [1.807, 2.05) is 18.7 Å². The largest absolute Gasteiger partial charge is 0.484 e. The highest BCUT2D eigenvalue weighted by Crippen LogP contribution is 2.23. The van der Waals surface area contributed by atoms with Crippen molar-refractivity contribution in [1.82, 2.24) is 4.90 Å². The number of benzene rings is 1. The van der Waals surface area contributed by atoms with Gasteiger partial charge in [-0.25, -0.2) is 4.79 Å². The van der Waals surface area contributed by atoms with E-state index in [1.54, 1.807) is 18.2 Å². The fraction of sp³-hybridized carbons (Fsp3) is 0.455. The quantitative estimate of drug-likeness (QED) is 0.413. The van der Waals surface area contributed by atoms with Gasteiger partial charge in [0.2, 0.25) is 5.78 Å². The number of hydrogen-bond acceptors (Lipinski definition) is 7. The molecule has 2 rings (SSSR count). The third kappa shape index (κ3) is 5.83. The Kier molecular flexibility index (Phi) is 7.98. The number of ether oxygens (including phenoxy) is 2. The van der Waals surface area contributed by atoms with E-state index < -0.39 is 18.4 Å². The first-order chi connectivity index (χ1) is 14.2. The van der Waals surface area contributed by atoms with Crippen LogP contribution in [0.4, 0.5) is 0 Å². The molecule has 8 nitrogen and oxygen atoms in total. The molecule has 160 valence electrons. The SMILES string of the molecule is C/C(N)=C(\C#N)C(=O)COC(=O)c1ccc(OCC(=O)N2[C@@H](C)CCC[C@@H]2C)cc1. The number of rotatable bonds is 7. The van der Waals surface area contributed by atoms with Crippen LogP contribution < -0.4 is 10.5 Å². The maximum absolute atomic E-state index is 12.5. The summed E-state index contributed by atoms with van der Waals surface area (Å²) < 4.78 is 10.5. The number of hydrogen-bond donors (Lipinski definition) is 1. The van der Waals surface area contributed by atoms with Gasteiger partial charge in [0, 0.05) is 17.8 Å². The van der Waals surface area contributed by atoms with Crippen molar-refractivity contribution in [3.63, 3.8) is 0 Å². The number of nitrogens with two attached hydrogens (primary N) is 1. The van der Waals surface area contributed by atoms with E-state index in [9.17, 15) is 14.4 Å². The van der Waals surface area contributed by atoms with Crippen LogP contribution in [0.3, 0.4) is 0 Å².